The number of hydrogen-bond acceptors (Lipinski definition) is 7. The lowest BCUT2D eigenvalue weighted by atomic mass is 10.1. The Morgan fingerprint density at radius 2 is 1.81 bits per heavy atom. The van der Waals surface area contributed by atoms with Crippen LogP contribution in [0.2, 0.25) is 5.02 Å². The SMILES string of the molecule is Cc1cc(C)cc(-c2nnc(SCc3nc(-c4ccccc4Cl)no3)o2)c1. The third kappa shape index (κ3) is 4.04. The second kappa shape index (κ2) is 7.54. The summed E-state index contributed by atoms with van der Waals surface area (Å²) < 4.78 is 11.0. The zero-order valence-corrected chi connectivity index (χ0v) is 16.2. The van der Waals surface area contributed by atoms with Crippen molar-refractivity contribution in [3.8, 4) is 22.8 Å². The molecule has 6 nitrogen and oxygen atoms in total. The van der Waals surface area contributed by atoms with Gasteiger partial charge in [-0.2, -0.15) is 4.98 Å². The first-order chi connectivity index (χ1) is 13.1. The summed E-state index contributed by atoms with van der Waals surface area (Å²) in [4.78, 5) is 4.37. The predicted octanol–water partition coefficient (Wildman–Crippen LogP) is 5.35. The highest BCUT2D eigenvalue weighted by molar-refractivity contribution is 7.98. The van der Waals surface area contributed by atoms with Crippen LogP contribution in [0.25, 0.3) is 22.8 Å². The van der Waals surface area contributed by atoms with Crippen LogP contribution < -0.4 is 0 Å². The fourth-order valence-electron chi connectivity index (χ4n) is 2.67. The highest BCUT2D eigenvalue weighted by atomic mass is 35.5. The monoisotopic (exact) mass is 398 g/mol. The average Bonchev–Trinajstić information content (AvgIpc) is 3.29. The molecular weight excluding hydrogens is 384 g/mol. The van der Waals surface area contributed by atoms with Crippen LogP contribution in [-0.4, -0.2) is 20.3 Å². The first-order valence-corrected chi connectivity index (χ1v) is 9.57. The number of hydrogen-bond donors (Lipinski definition) is 0. The molecule has 0 N–H and O–H groups in total. The number of nitrogens with zero attached hydrogens (tertiary/aromatic N) is 4. The number of aryl methyl sites for hydroxylation is 2. The van der Waals surface area contributed by atoms with Crippen LogP contribution in [0.4, 0.5) is 0 Å². The van der Waals surface area contributed by atoms with E-state index in [9.17, 15) is 0 Å². The van der Waals surface area contributed by atoms with Gasteiger partial charge in [0.25, 0.3) is 5.22 Å². The van der Waals surface area contributed by atoms with Crippen molar-refractivity contribution >= 4 is 23.4 Å². The molecule has 0 atom stereocenters. The summed E-state index contributed by atoms with van der Waals surface area (Å²) in [5.41, 5.74) is 3.94. The Balaban J connectivity index is 1.46. The Morgan fingerprint density at radius 3 is 2.59 bits per heavy atom. The maximum atomic E-state index is 6.16. The van der Waals surface area contributed by atoms with E-state index < -0.39 is 0 Å². The minimum Gasteiger partial charge on any atom is -0.411 e. The van der Waals surface area contributed by atoms with Crippen molar-refractivity contribution in [2.24, 2.45) is 0 Å². The molecule has 4 rings (SSSR count). The van der Waals surface area contributed by atoms with Crippen LogP contribution in [0.15, 0.2) is 56.6 Å². The molecule has 0 radical (unpaired) electrons. The third-order valence-corrected chi connectivity index (χ3v) is 4.91. The summed E-state index contributed by atoms with van der Waals surface area (Å²) in [5.74, 6) is 1.83. The van der Waals surface area contributed by atoms with Crippen LogP contribution in [0, 0.1) is 13.8 Å². The molecule has 0 saturated heterocycles. The van der Waals surface area contributed by atoms with E-state index >= 15 is 0 Å². The fourth-order valence-corrected chi connectivity index (χ4v) is 3.49. The Hall–Kier alpha value is -2.64. The van der Waals surface area contributed by atoms with Gasteiger partial charge in [-0.1, -0.05) is 57.8 Å². The van der Waals surface area contributed by atoms with Gasteiger partial charge in [0.2, 0.25) is 17.6 Å². The number of rotatable bonds is 5. The number of aromatic nitrogens is 4. The van der Waals surface area contributed by atoms with Gasteiger partial charge in [0.15, 0.2) is 0 Å². The summed E-state index contributed by atoms with van der Waals surface area (Å²) in [6.07, 6.45) is 0. The Bertz CT molecular complexity index is 1070. The molecule has 0 aliphatic carbocycles. The normalized spacial score (nSPS) is 11.1. The van der Waals surface area contributed by atoms with Crippen molar-refractivity contribution in [2.75, 3.05) is 0 Å². The van der Waals surface area contributed by atoms with Gasteiger partial charge in [0.1, 0.15) is 0 Å². The van der Waals surface area contributed by atoms with Gasteiger partial charge >= 0.3 is 0 Å². The molecule has 2 aromatic carbocycles. The van der Waals surface area contributed by atoms with E-state index in [1.165, 1.54) is 11.8 Å². The quantitative estimate of drug-likeness (QED) is 0.419. The van der Waals surface area contributed by atoms with Gasteiger partial charge in [-0.15, -0.1) is 10.2 Å². The van der Waals surface area contributed by atoms with Crippen molar-refractivity contribution < 1.29 is 8.94 Å². The van der Waals surface area contributed by atoms with Crippen molar-refractivity contribution in [1.82, 2.24) is 20.3 Å². The summed E-state index contributed by atoms with van der Waals surface area (Å²) >= 11 is 7.50. The van der Waals surface area contributed by atoms with Crippen LogP contribution in [0.3, 0.4) is 0 Å². The molecule has 8 heteroatoms. The summed E-state index contributed by atoms with van der Waals surface area (Å²) in [7, 11) is 0. The van der Waals surface area contributed by atoms with Gasteiger partial charge in [-0.3, -0.25) is 0 Å². The number of thioether (sulfide) groups is 1. The van der Waals surface area contributed by atoms with Gasteiger partial charge in [-0.25, -0.2) is 0 Å². The van der Waals surface area contributed by atoms with E-state index in [0.717, 1.165) is 22.3 Å². The first kappa shape index (κ1) is 17.8. The van der Waals surface area contributed by atoms with E-state index in [0.29, 0.717) is 33.6 Å². The van der Waals surface area contributed by atoms with E-state index in [-0.39, 0.29) is 0 Å². The topological polar surface area (TPSA) is 77.8 Å². The van der Waals surface area contributed by atoms with Crippen molar-refractivity contribution in [2.45, 2.75) is 24.8 Å². The predicted molar refractivity (Wildman–Crippen MR) is 104 cm³/mol. The number of halogens is 1. The molecule has 0 spiro atoms. The molecule has 0 unspecified atom stereocenters. The molecule has 0 saturated carbocycles. The van der Waals surface area contributed by atoms with Crippen LogP contribution in [0.5, 0.6) is 0 Å². The lowest BCUT2D eigenvalue weighted by molar-refractivity contribution is 0.391. The second-order valence-electron chi connectivity index (χ2n) is 6.03. The largest absolute Gasteiger partial charge is 0.411 e. The first-order valence-electron chi connectivity index (χ1n) is 8.21. The maximum Gasteiger partial charge on any atom is 0.277 e. The van der Waals surface area contributed by atoms with Gasteiger partial charge < -0.3 is 8.94 Å². The zero-order chi connectivity index (χ0) is 18.8. The van der Waals surface area contributed by atoms with E-state index in [4.69, 9.17) is 20.5 Å². The minimum absolute atomic E-state index is 0.423. The maximum absolute atomic E-state index is 6.16. The van der Waals surface area contributed by atoms with E-state index in [2.05, 4.69) is 26.4 Å². The minimum atomic E-state index is 0.423. The molecule has 0 bridgehead atoms. The number of benzene rings is 2. The van der Waals surface area contributed by atoms with Crippen molar-refractivity contribution in [3.63, 3.8) is 0 Å². The van der Waals surface area contributed by atoms with Crippen LogP contribution in [-0.2, 0) is 5.75 Å². The molecule has 2 heterocycles. The molecule has 2 aromatic heterocycles. The highest BCUT2D eigenvalue weighted by Gasteiger charge is 2.14. The van der Waals surface area contributed by atoms with Gasteiger partial charge in [-0.05, 0) is 38.1 Å². The lowest BCUT2D eigenvalue weighted by Gasteiger charge is -1.99. The molecule has 0 aliphatic heterocycles. The van der Waals surface area contributed by atoms with Crippen LogP contribution in [0.1, 0.15) is 17.0 Å². The Kier molecular flexibility index (Phi) is 4.96. The van der Waals surface area contributed by atoms with E-state index in [1.807, 2.05) is 44.2 Å². The Labute approximate surface area is 165 Å². The van der Waals surface area contributed by atoms with Crippen LogP contribution >= 0.6 is 23.4 Å². The molecule has 27 heavy (non-hydrogen) atoms. The molecule has 4 aromatic rings. The summed E-state index contributed by atoms with van der Waals surface area (Å²) in [6, 6.07) is 13.5. The van der Waals surface area contributed by atoms with Gasteiger partial charge in [0, 0.05) is 11.1 Å². The standard InChI is InChI=1S/C19H15ClN4O2S/c1-11-7-12(2)9-13(8-11)18-22-23-19(25-18)27-10-16-21-17(24-26-16)14-5-3-4-6-15(14)20/h3-9H,10H2,1-2H3. The molecular formula is C19H15ClN4O2S. The zero-order valence-electron chi connectivity index (χ0n) is 14.6. The molecule has 0 fully saturated rings. The lowest BCUT2D eigenvalue weighted by Crippen LogP contribution is -1.84. The highest BCUT2D eigenvalue weighted by Crippen LogP contribution is 2.28. The van der Waals surface area contributed by atoms with Crippen molar-refractivity contribution in [1.29, 1.82) is 0 Å². The smallest absolute Gasteiger partial charge is 0.277 e. The summed E-state index contributed by atoms with van der Waals surface area (Å²) in [5, 5.41) is 13.2. The second-order valence-corrected chi connectivity index (χ2v) is 7.36. The Morgan fingerprint density at radius 1 is 1.04 bits per heavy atom. The molecule has 0 aliphatic rings. The fraction of sp³-hybridized carbons (Fsp3) is 0.158. The molecule has 136 valence electrons. The molecule has 0 amide bonds. The van der Waals surface area contributed by atoms with Gasteiger partial charge in [0.05, 0.1) is 10.8 Å². The van der Waals surface area contributed by atoms with Crippen molar-refractivity contribution in [3.05, 3.63) is 64.5 Å². The average molecular weight is 399 g/mol. The third-order valence-electron chi connectivity index (χ3n) is 3.78. The summed E-state index contributed by atoms with van der Waals surface area (Å²) in [6.45, 7) is 4.07. The van der Waals surface area contributed by atoms with E-state index in [1.54, 1.807) is 6.07 Å².